The van der Waals surface area contributed by atoms with Crippen molar-refractivity contribution in [2.24, 2.45) is 0 Å². The number of ether oxygens (including phenoxy) is 3. The van der Waals surface area contributed by atoms with Crippen molar-refractivity contribution < 1.29 is 14.2 Å². The first kappa shape index (κ1) is 16.3. The molecule has 1 aliphatic rings. The largest absolute Gasteiger partial charge is 0.493 e. The van der Waals surface area contributed by atoms with Crippen molar-refractivity contribution in [2.75, 3.05) is 20.8 Å². The third-order valence-electron chi connectivity index (χ3n) is 3.17. The molecule has 1 aromatic rings. The van der Waals surface area contributed by atoms with Crippen molar-refractivity contribution in [2.45, 2.75) is 25.4 Å². The van der Waals surface area contributed by atoms with Gasteiger partial charge in [0, 0.05) is 18.1 Å². The molecule has 0 bridgehead atoms. The van der Waals surface area contributed by atoms with Crippen LogP contribution in [0.1, 0.15) is 18.4 Å². The summed E-state index contributed by atoms with van der Waals surface area (Å²) in [6, 6.07) is 4.52. The summed E-state index contributed by atoms with van der Waals surface area (Å²) in [4.78, 5) is 0. The molecule has 116 valence electrons. The normalized spacial score (nSPS) is 15.0. The number of halogens is 2. The van der Waals surface area contributed by atoms with Gasteiger partial charge in [0.2, 0.25) is 5.75 Å². The minimum atomic E-state index is 0.164. The molecule has 1 aliphatic carbocycles. The highest BCUT2D eigenvalue weighted by atomic mass is 35.5. The van der Waals surface area contributed by atoms with Crippen molar-refractivity contribution in [3.63, 3.8) is 0 Å². The maximum Gasteiger partial charge on any atom is 0.203 e. The Kier molecular flexibility index (Phi) is 6.03. The van der Waals surface area contributed by atoms with Gasteiger partial charge in [-0.1, -0.05) is 23.2 Å². The molecule has 6 heteroatoms. The maximum absolute atomic E-state index is 5.84. The van der Waals surface area contributed by atoms with Crippen LogP contribution in [0.5, 0.6) is 17.2 Å². The summed E-state index contributed by atoms with van der Waals surface area (Å²) in [5, 5.41) is 3.86. The highest BCUT2D eigenvalue weighted by molar-refractivity contribution is 6.36. The molecule has 0 saturated heterocycles. The molecular formula is C15H19Cl2NO3. The zero-order chi connectivity index (χ0) is 15.2. The molecule has 0 aliphatic heterocycles. The zero-order valence-electron chi connectivity index (χ0n) is 12.1. The first-order valence-electron chi connectivity index (χ1n) is 6.73. The van der Waals surface area contributed by atoms with E-state index in [2.05, 4.69) is 5.32 Å². The SMILES string of the molecule is COc1cc(CNC2CC2)cc(OC)c1OCC(Cl)=CCl. The van der Waals surface area contributed by atoms with Crippen molar-refractivity contribution in [1.82, 2.24) is 5.32 Å². The van der Waals surface area contributed by atoms with Gasteiger partial charge in [-0.3, -0.25) is 0 Å². The summed E-state index contributed by atoms with van der Waals surface area (Å²) in [5.74, 6) is 1.74. The Balaban J connectivity index is 2.16. The lowest BCUT2D eigenvalue weighted by Gasteiger charge is -2.16. The van der Waals surface area contributed by atoms with Crippen LogP contribution < -0.4 is 19.5 Å². The molecule has 0 unspecified atom stereocenters. The number of benzene rings is 1. The summed E-state index contributed by atoms with van der Waals surface area (Å²) in [6.45, 7) is 0.942. The smallest absolute Gasteiger partial charge is 0.203 e. The van der Waals surface area contributed by atoms with Crippen molar-refractivity contribution >= 4 is 23.2 Å². The average molecular weight is 332 g/mol. The molecule has 1 saturated carbocycles. The monoisotopic (exact) mass is 331 g/mol. The van der Waals surface area contributed by atoms with E-state index >= 15 is 0 Å². The van der Waals surface area contributed by atoms with Gasteiger partial charge in [-0.15, -0.1) is 0 Å². The number of rotatable bonds is 8. The van der Waals surface area contributed by atoms with E-state index in [-0.39, 0.29) is 6.61 Å². The quantitative estimate of drug-likeness (QED) is 0.789. The van der Waals surface area contributed by atoms with E-state index in [1.165, 1.54) is 18.4 Å². The third-order valence-corrected chi connectivity index (χ3v) is 3.76. The Morgan fingerprint density at radius 3 is 2.38 bits per heavy atom. The van der Waals surface area contributed by atoms with Crippen molar-refractivity contribution in [3.8, 4) is 17.2 Å². The van der Waals surface area contributed by atoms with E-state index in [9.17, 15) is 0 Å². The summed E-state index contributed by atoms with van der Waals surface area (Å²) in [7, 11) is 3.19. The van der Waals surface area contributed by atoms with Gasteiger partial charge in [0.1, 0.15) is 6.61 Å². The molecule has 4 nitrogen and oxygen atoms in total. The molecule has 1 N–H and O–H groups in total. The molecular weight excluding hydrogens is 313 g/mol. The topological polar surface area (TPSA) is 39.7 Å². The van der Waals surface area contributed by atoms with Gasteiger partial charge in [-0.05, 0) is 30.5 Å². The van der Waals surface area contributed by atoms with Gasteiger partial charge >= 0.3 is 0 Å². The molecule has 1 aromatic carbocycles. The first-order valence-corrected chi connectivity index (χ1v) is 7.55. The van der Waals surface area contributed by atoms with E-state index in [0.29, 0.717) is 28.3 Å². The highest BCUT2D eigenvalue weighted by Gasteiger charge is 2.21. The van der Waals surface area contributed by atoms with Gasteiger partial charge in [0.15, 0.2) is 11.5 Å². The fraction of sp³-hybridized carbons (Fsp3) is 0.467. The summed E-state index contributed by atoms with van der Waals surface area (Å²) >= 11 is 11.4. The predicted octanol–water partition coefficient (Wildman–Crippen LogP) is 3.65. The number of hydrogen-bond acceptors (Lipinski definition) is 4. The van der Waals surface area contributed by atoms with Crippen LogP contribution in [0.2, 0.25) is 0 Å². The minimum Gasteiger partial charge on any atom is -0.493 e. The zero-order valence-corrected chi connectivity index (χ0v) is 13.6. The maximum atomic E-state index is 5.84. The lowest BCUT2D eigenvalue weighted by atomic mass is 10.1. The molecule has 21 heavy (non-hydrogen) atoms. The number of nitrogens with one attached hydrogen (secondary N) is 1. The number of methoxy groups -OCH3 is 2. The second kappa shape index (κ2) is 7.78. The fourth-order valence-electron chi connectivity index (χ4n) is 1.90. The van der Waals surface area contributed by atoms with Gasteiger partial charge in [-0.2, -0.15) is 0 Å². The van der Waals surface area contributed by atoms with Crippen LogP contribution in [0.15, 0.2) is 22.7 Å². The molecule has 0 spiro atoms. The highest BCUT2D eigenvalue weighted by Crippen LogP contribution is 2.39. The Bertz CT molecular complexity index is 491. The van der Waals surface area contributed by atoms with Gasteiger partial charge in [-0.25, -0.2) is 0 Å². The van der Waals surface area contributed by atoms with Crippen molar-refractivity contribution in [1.29, 1.82) is 0 Å². The molecule has 1 fully saturated rings. The first-order chi connectivity index (χ1) is 10.2. The molecule has 0 atom stereocenters. The second-order valence-electron chi connectivity index (χ2n) is 4.83. The second-order valence-corrected chi connectivity index (χ2v) is 5.53. The van der Waals surface area contributed by atoms with E-state index in [1.54, 1.807) is 14.2 Å². The minimum absolute atomic E-state index is 0.164. The van der Waals surface area contributed by atoms with Crippen LogP contribution in [0.3, 0.4) is 0 Å². The van der Waals surface area contributed by atoms with Gasteiger partial charge in [0.05, 0.1) is 19.3 Å². The van der Waals surface area contributed by atoms with Crippen molar-refractivity contribution in [3.05, 3.63) is 28.3 Å². The summed E-state index contributed by atoms with van der Waals surface area (Å²) < 4.78 is 16.4. The van der Waals surface area contributed by atoms with E-state index in [4.69, 9.17) is 37.4 Å². The summed E-state index contributed by atoms with van der Waals surface area (Å²) in [5.41, 5.74) is 2.36. The fourth-order valence-corrected chi connectivity index (χ4v) is 2.02. The Morgan fingerprint density at radius 2 is 1.90 bits per heavy atom. The Morgan fingerprint density at radius 1 is 1.29 bits per heavy atom. The van der Waals surface area contributed by atoms with Crippen LogP contribution in [-0.2, 0) is 6.54 Å². The predicted molar refractivity (Wildman–Crippen MR) is 84.7 cm³/mol. The molecule has 0 heterocycles. The Hall–Kier alpha value is -1.10. The van der Waals surface area contributed by atoms with Crippen LogP contribution in [0.25, 0.3) is 0 Å². The molecule has 0 radical (unpaired) electrons. The molecule has 0 aromatic heterocycles. The molecule has 2 rings (SSSR count). The lowest BCUT2D eigenvalue weighted by molar-refractivity contribution is 0.298. The Labute approximate surface area is 135 Å². The summed E-state index contributed by atoms with van der Waals surface area (Å²) in [6.07, 6.45) is 2.50. The lowest BCUT2D eigenvalue weighted by Crippen LogP contribution is -2.15. The number of hydrogen-bond donors (Lipinski definition) is 1. The standard InChI is InChI=1S/C15H19Cl2NO3/c1-19-13-5-10(8-18-12-3-4-12)6-14(20-2)15(13)21-9-11(17)7-16/h5-7,12,18H,3-4,8-9H2,1-2H3. The van der Waals surface area contributed by atoms with Gasteiger partial charge < -0.3 is 19.5 Å². The van der Waals surface area contributed by atoms with Crippen LogP contribution >= 0.6 is 23.2 Å². The molecule has 0 amide bonds. The van der Waals surface area contributed by atoms with E-state index in [0.717, 1.165) is 12.1 Å². The van der Waals surface area contributed by atoms with Crippen LogP contribution in [-0.4, -0.2) is 26.9 Å². The van der Waals surface area contributed by atoms with E-state index < -0.39 is 0 Å². The van der Waals surface area contributed by atoms with Gasteiger partial charge in [0.25, 0.3) is 0 Å². The average Bonchev–Trinajstić information content (AvgIpc) is 3.34. The van der Waals surface area contributed by atoms with Crippen LogP contribution in [0, 0.1) is 0 Å². The van der Waals surface area contributed by atoms with Crippen LogP contribution in [0.4, 0.5) is 0 Å². The third kappa shape index (κ3) is 4.70. The van der Waals surface area contributed by atoms with E-state index in [1.807, 2.05) is 12.1 Å².